The molecule has 0 saturated carbocycles. The van der Waals surface area contributed by atoms with Crippen molar-refractivity contribution in [2.45, 2.75) is 58.5 Å². The van der Waals surface area contributed by atoms with Gasteiger partial charge in [-0.15, -0.1) is 0 Å². The molecule has 0 saturated heterocycles. The smallest absolute Gasteiger partial charge is 0.0236 e. The minimum absolute atomic E-state index is 0.588. The summed E-state index contributed by atoms with van der Waals surface area (Å²) in [7, 11) is 0. The van der Waals surface area contributed by atoms with E-state index in [1.54, 1.807) is 16.7 Å². The lowest BCUT2D eigenvalue weighted by Crippen LogP contribution is -2.33. The molecule has 0 amide bonds. The molecule has 2 nitrogen and oxygen atoms in total. The first-order valence-electron chi connectivity index (χ1n) is 10.3. The molecule has 2 heteroatoms. The van der Waals surface area contributed by atoms with Gasteiger partial charge < -0.3 is 5.32 Å². The summed E-state index contributed by atoms with van der Waals surface area (Å²) >= 11 is 0. The van der Waals surface area contributed by atoms with Gasteiger partial charge in [0.25, 0.3) is 0 Å². The Kier molecular flexibility index (Phi) is 5.15. The molecular weight excluding hydrogens is 316 g/mol. The number of benzene rings is 2. The van der Waals surface area contributed by atoms with Crippen molar-refractivity contribution in [2.24, 2.45) is 0 Å². The third-order valence-electron chi connectivity index (χ3n) is 6.21. The number of hydrogen-bond donors (Lipinski definition) is 1. The SMILES string of the molecule is CC(C)c1ccc2c(c1)CN(CC(C)c1ccc3c(c1)CCNC3)CC2. The van der Waals surface area contributed by atoms with E-state index >= 15 is 0 Å². The molecule has 2 aliphatic rings. The van der Waals surface area contributed by atoms with E-state index in [9.17, 15) is 0 Å². The molecule has 2 aliphatic heterocycles. The van der Waals surface area contributed by atoms with Gasteiger partial charge in [-0.3, -0.25) is 4.90 Å². The van der Waals surface area contributed by atoms with E-state index < -0.39 is 0 Å². The molecule has 0 bridgehead atoms. The van der Waals surface area contributed by atoms with Crippen LogP contribution < -0.4 is 5.32 Å². The lowest BCUT2D eigenvalue weighted by atomic mass is 9.91. The fourth-order valence-electron chi connectivity index (χ4n) is 4.45. The van der Waals surface area contributed by atoms with Crippen LogP contribution in [0, 0.1) is 0 Å². The van der Waals surface area contributed by atoms with Crippen molar-refractivity contribution in [1.29, 1.82) is 0 Å². The van der Waals surface area contributed by atoms with Crippen molar-refractivity contribution in [2.75, 3.05) is 19.6 Å². The molecule has 1 N–H and O–H groups in total. The Labute approximate surface area is 158 Å². The number of nitrogens with one attached hydrogen (secondary N) is 1. The van der Waals surface area contributed by atoms with Gasteiger partial charge in [-0.1, -0.05) is 57.2 Å². The largest absolute Gasteiger partial charge is 0.312 e. The maximum absolute atomic E-state index is 3.47. The molecule has 0 spiro atoms. The second-order valence-electron chi connectivity index (χ2n) is 8.52. The Hall–Kier alpha value is -1.64. The average Bonchev–Trinajstić information content (AvgIpc) is 2.67. The fraction of sp³-hybridized carbons (Fsp3) is 0.500. The van der Waals surface area contributed by atoms with Crippen LogP contribution in [0.2, 0.25) is 0 Å². The van der Waals surface area contributed by atoms with Crippen molar-refractivity contribution >= 4 is 0 Å². The van der Waals surface area contributed by atoms with Crippen molar-refractivity contribution in [3.63, 3.8) is 0 Å². The summed E-state index contributed by atoms with van der Waals surface area (Å²) in [5, 5.41) is 3.47. The van der Waals surface area contributed by atoms with Crippen molar-refractivity contribution in [1.82, 2.24) is 10.2 Å². The van der Waals surface area contributed by atoms with Gasteiger partial charge in [0.15, 0.2) is 0 Å². The molecule has 1 unspecified atom stereocenters. The lowest BCUT2D eigenvalue weighted by molar-refractivity contribution is 0.242. The normalized spacial score (nSPS) is 18.5. The molecule has 2 heterocycles. The van der Waals surface area contributed by atoms with Gasteiger partial charge >= 0.3 is 0 Å². The zero-order chi connectivity index (χ0) is 18.1. The Bertz CT molecular complexity index is 778. The molecule has 26 heavy (non-hydrogen) atoms. The second kappa shape index (κ2) is 7.54. The Morgan fingerprint density at radius 3 is 2.50 bits per heavy atom. The monoisotopic (exact) mass is 348 g/mol. The van der Waals surface area contributed by atoms with Gasteiger partial charge in [-0.2, -0.15) is 0 Å². The molecule has 4 rings (SSSR count). The lowest BCUT2D eigenvalue weighted by Gasteiger charge is -2.32. The van der Waals surface area contributed by atoms with E-state index in [0.29, 0.717) is 11.8 Å². The minimum atomic E-state index is 0.588. The Morgan fingerprint density at radius 1 is 0.885 bits per heavy atom. The number of fused-ring (bicyclic) bond motifs is 2. The van der Waals surface area contributed by atoms with Gasteiger partial charge in [-0.05, 0) is 64.6 Å². The van der Waals surface area contributed by atoms with E-state index in [4.69, 9.17) is 0 Å². The first-order valence-corrected chi connectivity index (χ1v) is 10.3. The zero-order valence-electron chi connectivity index (χ0n) is 16.5. The van der Waals surface area contributed by atoms with Gasteiger partial charge in [0, 0.05) is 26.2 Å². The summed E-state index contributed by atoms with van der Waals surface area (Å²) in [6, 6.07) is 14.3. The van der Waals surface area contributed by atoms with Crippen molar-refractivity contribution in [3.8, 4) is 0 Å². The molecule has 138 valence electrons. The van der Waals surface area contributed by atoms with E-state index in [1.807, 2.05) is 0 Å². The van der Waals surface area contributed by atoms with Crippen LogP contribution in [0.15, 0.2) is 36.4 Å². The average molecular weight is 349 g/mol. The van der Waals surface area contributed by atoms with Crippen LogP contribution in [0.1, 0.15) is 66.0 Å². The molecule has 1 atom stereocenters. The van der Waals surface area contributed by atoms with Crippen LogP contribution in [0.25, 0.3) is 0 Å². The molecule has 0 aromatic heterocycles. The quantitative estimate of drug-likeness (QED) is 0.867. The molecular formula is C24H32N2. The summed E-state index contributed by atoms with van der Waals surface area (Å²) in [5.41, 5.74) is 9.12. The van der Waals surface area contributed by atoms with Gasteiger partial charge in [0.1, 0.15) is 0 Å². The third kappa shape index (κ3) is 3.72. The molecule has 2 aromatic carbocycles. The standard InChI is InChI=1S/C24H32N2/c1-17(2)20-5-4-19-9-11-26(16-24(19)12-20)15-18(3)21-6-7-23-14-25-10-8-22(23)13-21/h4-7,12-13,17-18,25H,8-11,14-16H2,1-3H3. The Balaban J connectivity index is 1.45. The van der Waals surface area contributed by atoms with Gasteiger partial charge in [0.05, 0.1) is 0 Å². The predicted molar refractivity (Wildman–Crippen MR) is 110 cm³/mol. The zero-order valence-corrected chi connectivity index (χ0v) is 16.5. The number of rotatable bonds is 4. The highest BCUT2D eigenvalue weighted by Crippen LogP contribution is 2.27. The van der Waals surface area contributed by atoms with E-state index in [2.05, 4.69) is 67.4 Å². The highest BCUT2D eigenvalue weighted by atomic mass is 15.1. The van der Waals surface area contributed by atoms with Gasteiger partial charge in [0.2, 0.25) is 0 Å². The van der Waals surface area contributed by atoms with Crippen LogP contribution in [0.5, 0.6) is 0 Å². The maximum Gasteiger partial charge on any atom is 0.0236 e. The minimum Gasteiger partial charge on any atom is -0.312 e. The van der Waals surface area contributed by atoms with Crippen LogP contribution in [-0.4, -0.2) is 24.5 Å². The summed E-state index contributed by atoms with van der Waals surface area (Å²) in [5.74, 6) is 1.20. The predicted octanol–water partition coefficient (Wildman–Crippen LogP) is 4.62. The van der Waals surface area contributed by atoms with Crippen LogP contribution in [0.4, 0.5) is 0 Å². The van der Waals surface area contributed by atoms with E-state index in [0.717, 1.165) is 26.2 Å². The molecule has 0 fully saturated rings. The van der Waals surface area contributed by atoms with Gasteiger partial charge in [-0.25, -0.2) is 0 Å². The highest BCUT2D eigenvalue weighted by molar-refractivity contribution is 5.37. The van der Waals surface area contributed by atoms with E-state index in [-0.39, 0.29) is 0 Å². The van der Waals surface area contributed by atoms with Crippen LogP contribution in [0.3, 0.4) is 0 Å². The summed E-state index contributed by atoms with van der Waals surface area (Å²) in [4.78, 5) is 2.65. The number of nitrogens with zero attached hydrogens (tertiary/aromatic N) is 1. The molecule has 0 aliphatic carbocycles. The summed E-state index contributed by atoms with van der Waals surface area (Å²) < 4.78 is 0. The topological polar surface area (TPSA) is 15.3 Å². The van der Waals surface area contributed by atoms with Crippen molar-refractivity contribution in [3.05, 3.63) is 69.8 Å². The molecule has 2 aromatic rings. The Morgan fingerprint density at radius 2 is 1.65 bits per heavy atom. The highest BCUT2D eigenvalue weighted by Gasteiger charge is 2.20. The molecule has 0 radical (unpaired) electrons. The van der Waals surface area contributed by atoms with Crippen LogP contribution in [-0.2, 0) is 25.9 Å². The first kappa shape index (κ1) is 17.8. The fourth-order valence-corrected chi connectivity index (χ4v) is 4.45. The number of hydrogen-bond acceptors (Lipinski definition) is 2. The van der Waals surface area contributed by atoms with E-state index in [1.165, 1.54) is 36.1 Å². The first-order chi connectivity index (χ1) is 12.6. The second-order valence-corrected chi connectivity index (χ2v) is 8.52. The third-order valence-corrected chi connectivity index (χ3v) is 6.21. The van der Waals surface area contributed by atoms with Crippen molar-refractivity contribution < 1.29 is 0 Å². The van der Waals surface area contributed by atoms with Crippen LogP contribution >= 0.6 is 0 Å². The maximum atomic E-state index is 3.47. The summed E-state index contributed by atoms with van der Waals surface area (Å²) in [6.07, 6.45) is 2.36. The summed E-state index contributed by atoms with van der Waals surface area (Å²) in [6.45, 7) is 12.6.